The maximum absolute atomic E-state index is 13.6. The molecule has 2 aromatic carbocycles. The van der Waals surface area contributed by atoms with Gasteiger partial charge in [0.1, 0.15) is 5.75 Å². The normalized spacial score (nSPS) is 13.3. The fraction of sp³-hybridized carbons (Fsp3) is 0.480. The number of nitrogens with one attached hydrogen (secondary N) is 1. The zero-order chi connectivity index (χ0) is 31.4. The number of alkyl halides is 6. The first-order valence-corrected chi connectivity index (χ1v) is 21.7. The van der Waals surface area contributed by atoms with E-state index < -0.39 is 64.6 Å². The van der Waals surface area contributed by atoms with Crippen LogP contribution in [0.5, 0.6) is 5.75 Å². The van der Waals surface area contributed by atoms with Crippen LogP contribution in [0, 0.1) is 0 Å². The molecule has 0 unspecified atom stereocenters. The first-order valence-electron chi connectivity index (χ1n) is 12.5. The van der Waals surface area contributed by atoms with Crippen LogP contribution >= 0.6 is 19.4 Å². The topological polar surface area (TPSA) is 73.9 Å². The highest BCUT2D eigenvalue weighted by Gasteiger charge is 2.37. The van der Waals surface area contributed by atoms with Crippen LogP contribution in [-0.2, 0) is 26.0 Å². The van der Waals surface area contributed by atoms with Crippen LogP contribution in [-0.4, -0.2) is 35.3 Å². The van der Waals surface area contributed by atoms with E-state index in [-0.39, 0.29) is 30.1 Å². The highest BCUT2D eigenvalue weighted by atomic mass is 35.5. The molecule has 0 saturated carbocycles. The van der Waals surface area contributed by atoms with Crippen LogP contribution in [0.3, 0.4) is 0 Å². The summed E-state index contributed by atoms with van der Waals surface area (Å²) < 4.78 is 110. The first-order chi connectivity index (χ1) is 18.5. The lowest BCUT2D eigenvalue weighted by molar-refractivity contribution is -0.143. The van der Waals surface area contributed by atoms with E-state index in [1.165, 1.54) is 12.1 Å². The molecule has 0 aromatic heterocycles. The van der Waals surface area contributed by atoms with E-state index >= 15 is 0 Å². The monoisotopic (exact) mass is 663 g/mol. The number of anilines is 1. The molecule has 0 spiro atoms. The van der Waals surface area contributed by atoms with Gasteiger partial charge in [-0.05, 0) is 48.5 Å². The molecular weight excluding hydrogens is 631 g/mol. The Morgan fingerprint density at radius 2 is 1.29 bits per heavy atom. The van der Waals surface area contributed by atoms with Crippen molar-refractivity contribution in [3.8, 4) is 5.75 Å². The molecule has 0 fully saturated rings. The Morgan fingerprint density at radius 1 is 0.829 bits per heavy atom. The summed E-state index contributed by atoms with van der Waals surface area (Å²) in [6, 6.07) is 5.44. The Hall–Kier alpha value is -1.84. The van der Waals surface area contributed by atoms with Crippen LogP contribution in [0.4, 0.5) is 32.0 Å². The fourth-order valence-electron chi connectivity index (χ4n) is 3.12. The summed E-state index contributed by atoms with van der Waals surface area (Å²) in [5.74, 6) is -1.51. The van der Waals surface area contributed by atoms with Gasteiger partial charge in [0.15, 0.2) is 0 Å². The van der Waals surface area contributed by atoms with Gasteiger partial charge in [-0.25, -0.2) is 4.57 Å². The molecule has 2 aromatic rings. The third-order valence-electron chi connectivity index (χ3n) is 5.44. The highest BCUT2D eigenvalue weighted by molar-refractivity contribution is 7.49. The Kier molecular flexibility index (Phi) is 11.4. The minimum Gasteiger partial charge on any atom is -0.403 e. The van der Waals surface area contributed by atoms with Gasteiger partial charge in [0, 0.05) is 26.9 Å². The van der Waals surface area contributed by atoms with E-state index in [1.54, 1.807) is 0 Å². The van der Waals surface area contributed by atoms with E-state index in [9.17, 15) is 35.7 Å². The Balaban J connectivity index is 2.43. The molecule has 0 aliphatic carbocycles. The standard InChI is InChI=1S/C25H33ClF6NO5PSi2/c1-40(2,3)11-9-36-39(35,37-10-12-41(4,5)6)38-22-8-7-19(26)16-21(22)23(34)33-20-14-17(24(27,28)29)13-18(15-20)25(30,31)32/h7-8,13-16H,9-12H2,1-6H3,(H,33,34). The molecule has 2 rings (SSSR count). The van der Waals surface area contributed by atoms with Gasteiger partial charge in [-0.15, -0.1) is 0 Å². The molecule has 1 amide bonds. The number of rotatable bonds is 12. The largest absolute Gasteiger partial charge is 0.530 e. The molecule has 41 heavy (non-hydrogen) atoms. The number of phosphoric ester groups is 1. The van der Waals surface area contributed by atoms with Crippen LogP contribution in [0.2, 0.25) is 56.4 Å². The number of amides is 1. The second-order valence-electron chi connectivity index (χ2n) is 11.7. The van der Waals surface area contributed by atoms with Gasteiger partial charge in [0.2, 0.25) is 0 Å². The SMILES string of the molecule is C[Si](C)(C)CCOP(=O)(OCC[Si](C)(C)C)Oc1ccc(Cl)cc1C(=O)Nc1cc(C(F)(F)F)cc(C(F)(F)F)c1. The molecule has 6 nitrogen and oxygen atoms in total. The molecule has 0 atom stereocenters. The molecule has 230 valence electrons. The average Bonchev–Trinajstić information content (AvgIpc) is 2.77. The summed E-state index contributed by atoms with van der Waals surface area (Å²) in [4.78, 5) is 13.1. The lowest BCUT2D eigenvalue weighted by atomic mass is 10.1. The highest BCUT2D eigenvalue weighted by Crippen LogP contribution is 2.51. The summed E-state index contributed by atoms with van der Waals surface area (Å²) in [6.07, 6.45) is -10.2. The summed E-state index contributed by atoms with van der Waals surface area (Å²) >= 11 is 6.02. The maximum atomic E-state index is 13.6. The average molecular weight is 664 g/mol. The van der Waals surface area contributed by atoms with Crippen LogP contribution < -0.4 is 9.84 Å². The maximum Gasteiger partial charge on any atom is 0.530 e. The van der Waals surface area contributed by atoms with Gasteiger partial charge < -0.3 is 9.84 Å². The molecule has 0 saturated heterocycles. The van der Waals surface area contributed by atoms with E-state index in [0.717, 1.165) is 6.07 Å². The summed E-state index contributed by atoms with van der Waals surface area (Å²) in [7, 11) is -7.55. The number of carbonyl (C=O) groups excluding carboxylic acids is 1. The smallest absolute Gasteiger partial charge is 0.403 e. The van der Waals surface area contributed by atoms with Crippen molar-refractivity contribution in [3.63, 3.8) is 0 Å². The van der Waals surface area contributed by atoms with Gasteiger partial charge in [-0.2, -0.15) is 26.3 Å². The third kappa shape index (κ3) is 12.1. The number of hydrogen-bond donors (Lipinski definition) is 1. The van der Waals surface area contributed by atoms with E-state index in [0.29, 0.717) is 24.2 Å². The van der Waals surface area contributed by atoms with Gasteiger partial charge in [-0.1, -0.05) is 50.9 Å². The third-order valence-corrected chi connectivity index (χ3v) is 10.5. The fourth-order valence-corrected chi connectivity index (χ4v) is 6.28. The number of carbonyl (C=O) groups is 1. The number of phosphoric acid groups is 1. The van der Waals surface area contributed by atoms with Crippen LogP contribution in [0.15, 0.2) is 36.4 Å². The second kappa shape index (κ2) is 13.2. The molecule has 0 aliphatic heterocycles. The van der Waals surface area contributed by atoms with Crippen molar-refractivity contribution in [2.24, 2.45) is 0 Å². The zero-order valence-electron chi connectivity index (χ0n) is 23.4. The van der Waals surface area contributed by atoms with Crippen molar-refractivity contribution in [3.05, 3.63) is 58.1 Å². The number of halogens is 7. The summed E-state index contributed by atoms with van der Waals surface area (Å²) in [5, 5.41) is 2.02. The predicted molar refractivity (Wildman–Crippen MR) is 152 cm³/mol. The quantitative estimate of drug-likeness (QED) is 0.139. The molecule has 16 heteroatoms. The lowest BCUT2D eigenvalue weighted by Crippen LogP contribution is -2.23. The van der Waals surface area contributed by atoms with Crippen molar-refractivity contribution in [2.45, 2.75) is 63.7 Å². The minimum atomic E-state index is -5.11. The van der Waals surface area contributed by atoms with Gasteiger partial charge in [0.25, 0.3) is 5.91 Å². The number of hydrogen-bond acceptors (Lipinski definition) is 5. The molecule has 0 radical (unpaired) electrons. The van der Waals surface area contributed by atoms with Gasteiger partial charge >= 0.3 is 20.2 Å². The predicted octanol–water partition coefficient (Wildman–Crippen LogP) is 9.83. The van der Waals surface area contributed by atoms with Crippen LogP contribution in [0.25, 0.3) is 0 Å². The molecule has 0 heterocycles. The molecule has 0 aliphatic rings. The Morgan fingerprint density at radius 3 is 1.71 bits per heavy atom. The van der Waals surface area contributed by atoms with Gasteiger partial charge in [0.05, 0.1) is 29.9 Å². The Bertz CT molecular complexity index is 1220. The van der Waals surface area contributed by atoms with Crippen LogP contribution in [0.1, 0.15) is 21.5 Å². The lowest BCUT2D eigenvalue weighted by Gasteiger charge is -2.23. The first kappa shape index (κ1) is 35.4. The van der Waals surface area contributed by atoms with Crippen molar-refractivity contribution >= 4 is 47.2 Å². The van der Waals surface area contributed by atoms with E-state index in [4.69, 9.17) is 25.2 Å². The summed E-state index contributed by atoms with van der Waals surface area (Å²) in [6.45, 7) is 12.5. The molecule has 1 N–H and O–H groups in total. The van der Waals surface area contributed by atoms with E-state index in [2.05, 4.69) is 39.3 Å². The van der Waals surface area contributed by atoms with Gasteiger partial charge in [-0.3, -0.25) is 13.8 Å². The van der Waals surface area contributed by atoms with E-state index in [1.807, 2.05) is 5.32 Å². The van der Waals surface area contributed by atoms with Crippen molar-refractivity contribution < 1.29 is 49.3 Å². The van der Waals surface area contributed by atoms with Crippen molar-refractivity contribution in [2.75, 3.05) is 18.5 Å². The van der Waals surface area contributed by atoms with Crippen molar-refractivity contribution in [1.82, 2.24) is 0 Å². The number of benzene rings is 2. The van der Waals surface area contributed by atoms with Crippen molar-refractivity contribution in [1.29, 1.82) is 0 Å². The summed E-state index contributed by atoms with van der Waals surface area (Å²) in [5.41, 5.74) is -4.40. The molecule has 0 bridgehead atoms. The molecular formula is C25H33ClF6NO5PSi2. The minimum absolute atomic E-state index is 0.00310. The zero-order valence-corrected chi connectivity index (χ0v) is 27.1. The second-order valence-corrected chi connectivity index (χ2v) is 25.0. The Labute approximate surface area is 242 Å².